The van der Waals surface area contributed by atoms with Gasteiger partial charge in [0.05, 0.1) is 5.56 Å². The van der Waals surface area contributed by atoms with Gasteiger partial charge in [0.15, 0.2) is 0 Å². The van der Waals surface area contributed by atoms with Gasteiger partial charge in [0.2, 0.25) is 0 Å². The second-order valence-electron chi connectivity index (χ2n) is 8.63. The summed E-state index contributed by atoms with van der Waals surface area (Å²) in [7, 11) is 0. The van der Waals surface area contributed by atoms with Crippen LogP contribution in [0.1, 0.15) is 101 Å². The lowest BCUT2D eigenvalue weighted by Crippen LogP contribution is -2.26. The number of hydrogen-bond donors (Lipinski definition) is 0. The Morgan fingerprint density at radius 2 is 1.77 bits per heavy atom. The lowest BCUT2D eigenvalue weighted by atomic mass is 9.67. The van der Waals surface area contributed by atoms with Crippen LogP contribution in [0, 0.1) is 23.6 Å². The van der Waals surface area contributed by atoms with Gasteiger partial charge >= 0.3 is 0 Å². The van der Waals surface area contributed by atoms with Crippen LogP contribution in [0.15, 0.2) is 18.2 Å². The second kappa shape index (κ2) is 9.28. The van der Waals surface area contributed by atoms with Crippen LogP contribution in [-0.2, 0) is 0 Å². The number of rotatable bonds is 6. The molecular weight excluding hydrogens is 333 g/mol. The molecule has 1 aromatic carbocycles. The van der Waals surface area contributed by atoms with Crippen LogP contribution in [0.4, 0.5) is 13.2 Å². The summed E-state index contributed by atoms with van der Waals surface area (Å²) in [5.41, 5.74) is 0.458. The van der Waals surface area contributed by atoms with Gasteiger partial charge in [0.1, 0.15) is 5.82 Å². The fourth-order valence-electron chi connectivity index (χ4n) is 5.37. The summed E-state index contributed by atoms with van der Waals surface area (Å²) in [6.45, 7) is 2.27. The smallest absolute Gasteiger partial charge is 0.206 e. The third-order valence-electron chi connectivity index (χ3n) is 6.97. The molecule has 0 nitrogen and oxygen atoms in total. The standard InChI is InChI=1S/C23H33F3/c1-2-3-5-16-8-10-17(11-9-16)18-6-4-7-19(14-18)20-12-13-21(23(25)26)22(24)15-20/h12-13,15-19,23H,2-11,14H2,1H3/t16?,17?,18-,19?/m1/s1. The highest BCUT2D eigenvalue weighted by Crippen LogP contribution is 2.45. The average Bonchev–Trinajstić information content (AvgIpc) is 2.66. The molecule has 2 fully saturated rings. The van der Waals surface area contributed by atoms with Gasteiger partial charge in [-0.05, 0) is 61.0 Å². The van der Waals surface area contributed by atoms with Gasteiger partial charge in [-0.15, -0.1) is 0 Å². The van der Waals surface area contributed by atoms with Gasteiger partial charge in [-0.2, -0.15) is 0 Å². The molecule has 3 heteroatoms. The Balaban J connectivity index is 1.57. The molecule has 2 aliphatic carbocycles. The van der Waals surface area contributed by atoms with Crippen molar-refractivity contribution in [2.75, 3.05) is 0 Å². The molecule has 146 valence electrons. The quantitative estimate of drug-likeness (QED) is 0.478. The van der Waals surface area contributed by atoms with Crippen LogP contribution < -0.4 is 0 Å². The van der Waals surface area contributed by atoms with E-state index in [1.165, 1.54) is 69.9 Å². The first-order valence-electron chi connectivity index (χ1n) is 10.7. The van der Waals surface area contributed by atoms with Crippen LogP contribution in [0.2, 0.25) is 0 Å². The third-order valence-corrected chi connectivity index (χ3v) is 6.97. The summed E-state index contributed by atoms with van der Waals surface area (Å²) >= 11 is 0. The number of alkyl halides is 2. The van der Waals surface area contributed by atoms with Crippen molar-refractivity contribution >= 4 is 0 Å². The molecule has 0 heterocycles. The zero-order valence-electron chi connectivity index (χ0n) is 16.0. The summed E-state index contributed by atoms with van der Waals surface area (Å²) in [6.07, 6.45) is 11.4. The van der Waals surface area contributed by atoms with E-state index < -0.39 is 17.8 Å². The minimum atomic E-state index is -2.73. The van der Waals surface area contributed by atoms with Crippen molar-refractivity contribution in [3.05, 3.63) is 35.1 Å². The number of unbranched alkanes of at least 4 members (excludes halogenated alkanes) is 1. The van der Waals surface area contributed by atoms with Crippen molar-refractivity contribution < 1.29 is 13.2 Å². The molecule has 3 rings (SSSR count). The van der Waals surface area contributed by atoms with Crippen LogP contribution in [-0.4, -0.2) is 0 Å². The van der Waals surface area contributed by atoms with E-state index in [0.717, 1.165) is 36.2 Å². The molecule has 0 N–H and O–H groups in total. The molecule has 0 bridgehead atoms. The van der Waals surface area contributed by atoms with Crippen LogP contribution in [0.25, 0.3) is 0 Å². The Kier molecular flexibility index (Phi) is 7.05. The fourth-order valence-corrected chi connectivity index (χ4v) is 5.37. The fraction of sp³-hybridized carbons (Fsp3) is 0.739. The van der Waals surface area contributed by atoms with Crippen LogP contribution in [0.5, 0.6) is 0 Å². The van der Waals surface area contributed by atoms with Gasteiger partial charge in [0, 0.05) is 0 Å². The maximum Gasteiger partial charge on any atom is 0.266 e. The largest absolute Gasteiger partial charge is 0.266 e. The Labute approximate surface area is 156 Å². The molecule has 0 radical (unpaired) electrons. The monoisotopic (exact) mass is 366 g/mol. The van der Waals surface area contributed by atoms with E-state index in [0.29, 0.717) is 5.92 Å². The highest BCUT2D eigenvalue weighted by Gasteiger charge is 2.32. The normalized spacial score (nSPS) is 29.9. The molecular formula is C23H33F3. The Hall–Kier alpha value is -0.990. The first kappa shape index (κ1) is 19.8. The molecule has 0 aromatic heterocycles. The van der Waals surface area contributed by atoms with Crippen molar-refractivity contribution in [3.63, 3.8) is 0 Å². The van der Waals surface area contributed by atoms with E-state index in [9.17, 15) is 13.2 Å². The van der Waals surface area contributed by atoms with E-state index in [2.05, 4.69) is 6.92 Å². The molecule has 0 saturated heterocycles. The maximum absolute atomic E-state index is 14.0. The van der Waals surface area contributed by atoms with E-state index >= 15 is 0 Å². The first-order chi connectivity index (χ1) is 12.6. The summed E-state index contributed by atoms with van der Waals surface area (Å²) in [5, 5.41) is 0. The van der Waals surface area contributed by atoms with Gasteiger partial charge in [-0.1, -0.05) is 64.0 Å². The molecule has 0 spiro atoms. The number of hydrogen-bond acceptors (Lipinski definition) is 0. The van der Waals surface area contributed by atoms with E-state index in [1.54, 1.807) is 6.07 Å². The predicted molar refractivity (Wildman–Crippen MR) is 101 cm³/mol. The highest BCUT2D eigenvalue weighted by molar-refractivity contribution is 5.28. The van der Waals surface area contributed by atoms with Gasteiger partial charge in [-0.25, -0.2) is 13.2 Å². The average molecular weight is 367 g/mol. The third kappa shape index (κ3) is 4.84. The van der Waals surface area contributed by atoms with Gasteiger partial charge in [0.25, 0.3) is 6.43 Å². The number of halogens is 3. The summed E-state index contributed by atoms with van der Waals surface area (Å²) < 4.78 is 39.5. The Morgan fingerprint density at radius 3 is 2.42 bits per heavy atom. The SMILES string of the molecule is CCCCC1CCC([C@@H]2CCCC(c3ccc(C(F)F)c(F)c3)C2)CC1. The van der Waals surface area contributed by atoms with Crippen LogP contribution >= 0.6 is 0 Å². The first-order valence-corrected chi connectivity index (χ1v) is 10.7. The van der Waals surface area contributed by atoms with E-state index in [4.69, 9.17) is 0 Å². The molecule has 0 aliphatic heterocycles. The van der Waals surface area contributed by atoms with E-state index in [-0.39, 0.29) is 0 Å². The minimum Gasteiger partial charge on any atom is -0.206 e. The predicted octanol–water partition coefficient (Wildman–Crippen LogP) is 8.03. The Morgan fingerprint density at radius 1 is 1.00 bits per heavy atom. The second-order valence-corrected chi connectivity index (χ2v) is 8.63. The zero-order valence-corrected chi connectivity index (χ0v) is 16.0. The van der Waals surface area contributed by atoms with Gasteiger partial charge in [-0.3, -0.25) is 0 Å². The van der Waals surface area contributed by atoms with Crippen molar-refractivity contribution in [2.24, 2.45) is 17.8 Å². The highest BCUT2D eigenvalue weighted by atomic mass is 19.3. The molecule has 2 saturated carbocycles. The van der Waals surface area contributed by atoms with Crippen molar-refractivity contribution in [1.82, 2.24) is 0 Å². The number of benzene rings is 1. The van der Waals surface area contributed by atoms with E-state index in [1.807, 2.05) is 0 Å². The lowest BCUT2D eigenvalue weighted by Gasteiger charge is -2.38. The molecule has 1 aromatic rings. The molecule has 2 atom stereocenters. The summed E-state index contributed by atoms with van der Waals surface area (Å²) in [5.74, 6) is 2.09. The molecule has 2 aliphatic rings. The molecule has 26 heavy (non-hydrogen) atoms. The van der Waals surface area contributed by atoms with Crippen LogP contribution in [0.3, 0.4) is 0 Å². The summed E-state index contributed by atoms with van der Waals surface area (Å²) in [4.78, 5) is 0. The lowest BCUT2D eigenvalue weighted by molar-refractivity contribution is 0.145. The zero-order chi connectivity index (χ0) is 18.5. The Bertz CT molecular complexity index is 561. The van der Waals surface area contributed by atoms with Gasteiger partial charge < -0.3 is 0 Å². The molecule has 0 amide bonds. The van der Waals surface area contributed by atoms with Crippen molar-refractivity contribution in [1.29, 1.82) is 0 Å². The van der Waals surface area contributed by atoms with Crippen molar-refractivity contribution in [2.45, 2.75) is 89.9 Å². The van der Waals surface area contributed by atoms with Crippen molar-refractivity contribution in [3.8, 4) is 0 Å². The molecule has 1 unspecified atom stereocenters. The maximum atomic E-state index is 14.0. The minimum absolute atomic E-state index is 0.341. The summed E-state index contributed by atoms with van der Waals surface area (Å²) in [6, 6.07) is 4.40. The topological polar surface area (TPSA) is 0 Å².